The average Bonchev–Trinajstić information content (AvgIpc) is 2.39. The van der Waals surface area contributed by atoms with E-state index >= 15 is 0 Å². The van der Waals surface area contributed by atoms with Crippen LogP contribution in [-0.4, -0.2) is 31.5 Å². The van der Waals surface area contributed by atoms with Crippen molar-refractivity contribution in [1.82, 2.24) is 0 Å². The molecule has 100 valence electrons. The lowest BCUT2D eigenvalue weighted by Gasteiger charge is -2.21. The molecule has 1 atom stereocenters. The number of hydrogen-bond acceptors (Lipinski definition) is 4. The zero-order chi connectivity index (χ0) is 13.0. The van der Waals surface area contributed by atoms with Crippen molar-refractivity contribution in [1.29, 1.82) is 0 Å². The van der Waals surface area contributed by atoms with Crippen LogP contribution in [-0.2, 0) is 4.74 Å². The molecular formula is C13H17ClO4. The second kappa shape index (κ2) is 6.27. The van der Waals surface area contributed by atoms with Crippen molar-refractivity contribution in [2.75, 3.05) is 26.4 Å². The second-order valence-corrected chi connectivity index (χ2v) is 4.52. The van der Waals surface area contributed by atoms with Crippen LogP contribution in [0.5, 0.6) is 11.5 Å². The van der Waals surface area contributed by atoms with Crippen molar-refractivity contribution in [3.05, 3.63) is 22.7 Å². The van der Waals surface area contributed by atoms with Gasteiger partial charge in [0.1, 0.15) is 19.3 Å². The molecule has 18 heavy (non-hydrogen) atoms. The molecule has 1 aromatic carbocycles. The Bertz CT molecular complexity index is 408. The van der Waals surface area contributed by atoms with Gasteiger partial charge in [0.2, 0.25) is 0 Å². The minimum absolute atomic E-state index is 0.254. The van der Waals surface area contributed by atoms with Crippen molar-refractivity contribution in [2.45, 2.75) is 19.4 Å². The molecule has 0 fully saturated rings. The summed E-state index contributed by atoms with van der Waals surface area (Å²) < 4.78 is 16.2. The molecule has 4 nitrogen and oxygen atoms in total. The monoisotopic (exact) mass is 272 g/mol. The quantitative estimate of drug-likeness (QED) is 0.837. The third-order valence-electron chi connectivity index (χ3n) is 2.63. The molecule has 0 amide bonds. The normalized spacial score (nSPS) is 15.5. The molecule has 0 bridgehead atoms. The number of rotatable bonds is 5. The van der Waals surface area contributed by atoms with Gasteiger partial charge in [-0.1, -0.05) is 18.5 Å². The van der Waals surface area contributed by atoms with Crippen LogP contribution < -0.4 is 9.47 Å². The van der Waals surface area contributed by atoms with Crippen LogP contribution in [0.3, 0.4) is 0 Å². The van der Waals surface area contributed by atoms with E-state index < -0.39 is 6.10 Å². The van der Waals surface area contributed by atoms with Crippen LogP contribution in [0.4, 0.5) is 0 Å². The Morgan fingerprint density at radius 1 is 1.39 bits per heavy atom. The Kier molecular flexibility index (Phi) is 4.69. The van der Waals surface area contributed by atoms with E-state index in [2.05, 4.69) is 0 Å². The number of halogens is 1. The summed E-state index contributed by atoms with van der Waals surface area (Å²) in [6.45, 7) is 3.90. The zero-order valence-electron chi connectivity index (χ0n) is 10.3. The highest BCUT2D eigenvalue weighted by atomic mass is 35.5. The lowest BCUT2D eigenvalue weighted by molar-refractivity contribution is 0.0361. The molecule has 0 saturated heterocycles. The van der Waals surface area contributed by atoms with Crippen molar-refractivity contribution >= 4 is 11.6 Å². The van der Waals surface area contributed by atoms with E-state index in [-0.39, 0.29) is 6.61 Å². The third kappa shape index (κ3) is 3.07. The summed E-state index contributed by atoms with van der Waals surface area (Å²) in [5.41, 5.74) is 0.681. The Hall–Kier alpha value is -0.970. The molecule has 0 saturated carbocycles. The zero-order valence-corrected chi connectivity index (χ0v) is 11.1. The van der Waals surface area contributed by atoms with Gasteiger partial charge >= 0.3 is 0 Å². The molecule has 0 aliphatic carbocycles. The topological polar surface area (TPSA) is 47.9 Å². The summed E-state index contributed by atoms with van der Waals surface area (Å²) in [7, 11) is 0. The van der Waals surface area contributed by atoms with Gasteiger partial charge < -0.3 is 19.3 Å². The predicted molar refractivity (Wildman–Crippen MR) is 68.5 cm³/mol. The first-order valence-electron chi connectivity index (χ1n) is 6.07. The molecule has 1 heterocycles. The Labute approximate surface area is 111 Å². The molecule has 1 aliphatic rings. The molecule has 0 radical (unpaired) electrons. The first kappa shape index (κ1) is 13.5. The van der Waals surface area contributed by atoms with Gasteiger partial charge in [0.25, 0.3) is 0 Å². The Balaban J connectivity index is 2.11. The molecular weight excluding hydrogens is 256 g/mol. The smallest absolute Gasteiger partial charge is 0.179 e. The number of aliphatic hydroxyl groups is 1. The fraction of sp³-hybridized carbons (Fsp3) is 0.538. The van der Waals surface area contributed by atoms with E-state index in [4.69, 9.17) is 25.8 Å². The van der Waals surface area contributed by atoms with Gasteiger partial charge in [0, 0.05) is 6.61 Å². The maximum atomic E-state index is 9.99. The van der Waals surface area contributed by atoms with E-state index in [0.29, 0.717) is 41.9 Å². The largest absolute Gasteiger partial charge is 0.486 e. The molecule has 5 heteroatoms. The number of fused-ring (bicyclic) bond motifs is 1. The highest BCUT2D eigenvalue weighted by Gasteiger charge is 2.19. The summed E-state index contributed by atoms with van der Waals surface area (Å²) in [6, 6.07) is 3.44. The fourth-order valence-corrected chi connectivity index (χ4v) is 2.03. The first-order valence-corrected chi connectivity index (χ1v) is 6.45. The van der Waals surface area contributed by atoms with E-state index in [9.17, 15) is 5.11 Å². The molecule has 1 aliphatic heterocycles. The van der Waals surface area contributed by atoms with Crippen LogP contribution in [0, 0.1) is 0 Å². The van der Waals surface area contributed by atoms with Gasteiger partial charge in [-0.15, -0.1) is 0 Å². The fourth-order valence-electron chi connectivity index (χ4n) is 1.76. The van der Waals surface area contributed by atoms with Gasteiger partial charge in [-0.05, 0) is 24.1 Å². The van der Waals surface area contributed by atoms with E-state index in [1.54, 1.807) is 12.1 Å². The van der Waals surface area contributed by atoms with Gasteiger partial charge in [0.05, 0.1) is 11.6 Å². The van der Waals surface area contributed by atoms with Gasteiger partial charge in [-0.3, -0.25) is 0 Å². The lowest BCUT2D eigenvalue weighted by Crippen LogP contribution is -2.16. The predicted octanol–water partition coefficient (Wildman–Crippen LogP) is 2.57. The van der Waals surface area contributed by atoms with Crippen LogP contribution in [0.1, 0.15) is 25.0 Å². The van der Waals surface area contributed by atoms with Gasteiger partial charge in [-0.2, -0.15) is 0 Å². The molecule has 1 unspecified atom stereocenters. The van der Waals surface area contributed by atoms with Crippen molar-refractivity contribution < 1.29 is 19.3 Å². The van der Waals surface area contributed by atoms with Crippen LogP contribution in [0.25, 0.3) is 0 Å². The summed E-state index contributed by atoms with van der Waals surface area (Å²) >= 11 is 6.10. The van der Waals surface area contributed by atoms with E-state index in [0.717, 1.165) is 6.42 Å². The van der Waals surface area contributed by atoms with Crippen molar-refractivity contribution in [3.8, 4) is 11.5 Å². The molecule has 0 spiro atoms. The first-order chi connectivity index (χ1) is 8.72. The third-order valence-corrected chi connectivity index (χ3v) is 2.91. The maximum Gasteiger partial charge on any atom is 0.179 e. The second-order valence-electron chi connectivity index (χ2n) is 4.12. The maximum absolute atomic E-state index is 9.99. The lowest BCUT2D eigenvalue weighted by atomic mass is 10.1. The van der Waals surface area contributed by atoms with E-state index in [1.165, 1.54) is 0 Å². The van der Waals surface area contributed by atoms with E-state index in [1.807, 2.05) is 6.92 Å². The number of aliphatic hydroxyl groups excluding tert-OH is 1. The van der Waals surface area contributed by atoms with Gasteiger partial charge in [-0.25, -0.2) is 0 Å². The molecule has 0 aromatic heterocycles. The highest BCUT2D eigenvalue weighted by molar-refractivity contribution is 6.32. The van der Waals surface area contributed by atoms with Crippen LogP contribution in [0.2, 0.25) is 5.02 Å². The Morgan fingerprint density at radius 2 is 2.17 bits per heavy atom. The summed E-state index contributed by atoms with van der Waals surface area (Å²) in [5, 5.41) is 10.4. The molecule has 1 aromatic rings. The number of ether oxygens (including phenoxy) is 3. The van der Waals surface area contributed by atoms with Crippen molar-refractivity contribution in [3.63, 3.8) is 0 Å². The summed E-state index contributed by atoms with van der Waals surface area (Å²) in [5.74, 6) is 1.13. The minimum atomic E-state index is -0.704. The standard InChI is InChI=1S/C13H17ClO4/c1-2-3-16-8-11(15)9-6-10(14)13-12(7-9)17-4-5-18-13/h6-7,11,15H,2-5,8H2,1H3. The molecule has 1 N–H and O–H groups in total. The summed E-state index contributed by atoms with van der Waals surface area (Å²) in [4.78, 5) is 0. The van der Waals surface area contributed by atoms with Gasteiger partial charge in [0.15, 0.2) is 11.5 Å². The average molecular weight is 273 g/mol. The SMILES string of the molecule is CCCOCC(O)c1cc(Cl)c2c(c1)OCCO2. The van der Waals surface area contributed by atoms with Crippen LogP contribution in [0.15, 0.2) is 12.1 Å². The Morgan fingerprint density at radius 3 is 2.94 bits per heavy atom. The highest BCUT2D eigenvalue weighted by Crippen LogP contribution is 2.39. The minimum Gasteiger partial charge on any atom is -0.486 e. The van der Waals surface area contributed by atoms with Crippen molar-refractivity contribution in [2.24, 2.45) is 0 Å². The molecule has 2 rings (SSSR count). The summed E-state index contributed by atoms with van der Waals surface area (Å²) in [6.07, 6.45) is 0.221. The van der Waals surface area contributed by atoms with Crippen LogP contribution >= 0.6 is 11.6 Å². The number of hydrogen-bond donors (Lipinski definition) is 1. The number of benzene rings is 1.